The summed E-state index contributed by atoms with van der Waals surface area (Å²) < 4.78 is 0. The maximum absolute atomic E-state index is 2.47. The van der Waals surface area contributed by atoms with Gasteiger partial charge in [-0.2, -0.15) is 0 Å². The first-order chi connectivity index (χ1) is 20.4. The van der Waals surface area contributed by atoms with E-state index in [-0.39, 0.29) is 43.3 Å². The number of hydrogen-bond acceptors (Lipinski definition) is 0. The average molecular weight is 645 g/mol. The third-order valence-corrected chi connectivity index (χ3v) is 9.89. The number of benzene rings is 2. The molecule has 47 heavy (non-hydrogen) atoms. The Kier molecular flexibility index (Phi) is 11.2. The molecule has 0 N–H and O–H groups in total. The van der Waals surface area contributed by atoms with Gasteiger partial charge in [0.15, 0.2) is 0 Å². The third kappa shape index (κ3) is 9.17. The molecule has 2 rings (SSSR count). The van der Waals surface area contributed by atoms with Gasteiger partial charge in [-0.05, 0) is 118 Å². The molecule has 0 amide bonds. The summed E-state index contributed by atoms with van der Waals surface area (Å²) in [7, 11) is 0. The van der Waals surface area contributed by atoms with Gasteiger partial charge in [0.05, 0.1) is 0 Å². The lowest BCUT2D eigenvalue weighted by molar-refractivity contribution is 0.453. The molecule has 0 aliphatic rings. The second kappa shape index (κ2) is 12.6. The van der Waals surface area contributed by atoms with Crippen LogP contribution in [0.3, 0.4) is 0 Å². The van der Waals surface area contributed by atoms with Crippen LogP contribution in [0.4, 0.5) is 0 Å². The van der Waals surface area contributed by atoms with Crippen molar-refractivity contribution in [2.75, 3.05) is 0 Å². The first-order valence-electron chi connectivity index (χ1n) is 18.9. The zero-order valence-corrected chi connectivity index (χ0v) is 36.3. The van der Waals surface area contributed by atoms with Crippen LogP contribution in [0.2, 0.25) is 0 Å². The molecule has 0 heteroatoms. The SMILES string of the molecule is CC(C)(C)c1ccc(C(C)(C)C)c(C(C)(C)C)c1CCCc1c(C(C)(C)C)c(C(C)(C)C)c(C(C)(C)C)c(C(C)(C)C)c1C(C)(C)C. The monoisotopic (exact) mass is 645 g/mol. The summed E-state index contributed by atoms with van der Waals surface area (Å²) >= 11 is 0. The maximum Gasteiger partial charge on any atom is -0.0126 e. The summed E-state index contributed by atoms with van der Waals surface area (Å²) in [5.41, 5.74) is 16.3. The number of hydrogen-bond donors (Lipinski definition) is 0. The molecule has 268 valence electrons. The average Bonchev–Trinajstić information content (AvgIpc) is 2.77. The zero-order valence-electron chi connectivity index (χ0n) is 36.3. The minimum atomic E-state index is 0.0215. The molecule has 2 aromatic carbocycles. The zero-order chi connectivity index (χ0) is 37.3. The van der Waals surface area contributed by atoms with Crippen molar-refractivity contribution in [3.8, 4) is 0 Å². The Hall–Kier alpha value is -1.56. The number of rotatable bonds is 4. The van der Waals surface area contributed by atoms with Gasteiger partial charge in [0.2, 0.25) is 0 Å². The summed E-state index contributed by atoms with van der Waals surface area (Å²) in [5, 5.41) is 0. The van der Waals surface area contributed by atoms with Crippen LogP contribution in [-0.4, -0.2) is 0 Å². The second-order valence-electron chi connectivity index (χ2n) is 23.2. The van der Waals surface area contributed by atoms with E-state index in [1.807, 2.05) is 0 Å². The predicted octanol–water partition coefficient (Wildman–Crippen LogP) is 14.2. The van der Waals surface area contributed by atoms with Gasteiger partial charge in [0, 0.05) is 0 Å². The van der Waals surface area contributed by atoms with Crippen molar-refractivity contribution >= 4 is 0 Å². The van der Waals surface area contributed by atoms with Crippen LogP contribution in [-0.2, 0) is 56.2 Å². The van der Waals surface area contributed by atoms with Gasteiger partial charge in [-0.1, -0.05) is 178 Å². The molecule has 0 bridgehead atoms. The largest absolute Gasteiger partial charge is 0.0579 e. The van der Waals surface area contributed by atoms with Crippen LogP contribution < -0.4 is 0 Å². The fraction of sp³-hybridized carbons (Fsp3) is 0.745. The predicted molar refractivity (Wildman–Crippen MR) is 215 cm³/mol. The maximum atomic E-state index is 2.47. The molecule has 0 aliphatic carbocycles. The Balaban J connectivity index is 3.17. The molecule has 0 fully saturated rings. The fourth-order valence-electron chi connectivity index (χ4n) is 8.49. The Morgan fingerprint density at radius 2 is 0.532 bits per heavy atom. The van der Waals surface area contributed by atoms with Crippen molar-refractivity contribution < 1.29 is 0 Å². The quantitative estimate of drug-likeness (QED) is 0.311. The second-order valence-corrected chi connectivity index (χ2v) is 23.2. The molecular formula is C47H80. The lowest BCUT2D eigenvalue weighted by atomic mass is 9.58. The van der Waals surface area contributed by atoms with E-state index >= 15 is 0 Å². The van der Waals surface area contributed by atoms with Gasteiger partial charge in [-0.3, -0.25) is 0 Å². The highest BCUT2D eigenvalue weighted by Gasteiger charge is 2.42. The summed E-state index contributed by atoms with van der Waals surface area (Å²) in [6.07, 6.45) is 3.35. The van der Waals surface area contributed by atoms with Crippen LogP contribution in [0.1, 0.15) is 228 Å². The van der Waals surface area contributed by atoms with Crippen LogP contribution in [0, 0.1) is 0 Å². The normalized spacial score (nSPS) is 14.6. The van der Waals surface area contributed by atoms with Crippen molar-refractivity contribution in [2.24, 2.45) is 0 Å². The smallest absolute Gasteiger partial charge is 0.0126 e. The standard InChI is InChI=1S/C47H80/c1-40(2,3)32-28-29-33(41(4,5)6)34(42(7,8)9)30(32)26-25-27-31-35(43(10,11)12)37(45(16,17)18)39(47(22,23)24)38(46(19,20)21)36(31)44(13,14)15/h28-29H,25-27H2,1-24H3. The Morgan fingerprint density at radius 3 is 0.809 bits per heavy atom. The van der Waals surface area contributed by atoms with Crippen LogP contribution in [0.15, 0.2) is 12.1 Å². The van der Waals surface area contributed by atoms with Gasteiger partial charge in [-0.25, -0.2) is 0 Å². The Morgan fingerprint density at radius 1 is 0.277 bits per heavy atom. The van der Waals surface area contributed by atoms with E-state index < -0.39 is 0 Å². The Bertz CT molecular complexity index is 1360. The first-order valence-corrected chi connectivity index (χ1v) is 18.9. The van der Waals surface area contributed by atoms with E-state index in [0.29, 0.717) is 0 Å². The lowest BCUT2D eigenvalue weighted by Gasteiger charge is -2.46. The van der Waals surface area contributed by atoms with Crippen LogP contribution in [0.5, 0.6) is 0 Å². The van der Waals surface area contributed by atoms with Gasteiger partial charge in [0.25, 0.3) is 0 Å². The summed E-state index contributed by atoms with van der Waals surface area (Å²) in [6.45, 7) is 58.6. The van der Waals surface area contributed by atoms with Gasteiger partial charge in [-0.15, -0.1) is 0 Å². The van der Waals surface area contributed by atoms with Gasteiger partial charge in [0.1, 0.15) is 0 Å². The fourth-order valence-corrected chi connectivity index (χ4v) is 8.49. The highest BCUT2D eigenvalue weighted by atomic mass is 14.5. The molecule has 0 saturated heterocycles. The highest BCUT2D eigenvalue weighted by molar-refractivity contribution is 5.62. The van der Waals surface area contributed by atoms with Gasteiger partial charge >= 0.3 is 0 Å². The molecule has 0 spiro atoms. The third-order valence-electron chi connectivity index (χ3n) is 9.89. The Labute approximate surface area is 295 Å². The molecule has 0 nitrogen and oxygen atoms in total. The first kappa shape index (κ1) is 41.6. The van der Waals surface area contributed by atoms with E-state index in [1.54, 1.807) is 44.5 Å². The van der Waals surface area contributed by atoms with E-state index in [9.17, 15) is 0 Å². The molecule has 0 heterocycles. The van der Waals surface area contributed by atoms with Crippen molar-refractivity contribution in [3.05, 3.63) is 67.8 Å². The molecule has 0 unspecified atom stereocenters. The van der Waals surface area contributed by atoms with Crippen molar-refractivity contribution in [2.45, 2.75) is 229 Å². The summed E-state index contributed by atoms with van der Waals surface area (Å²) in [6, 6.07) is 4.93. The van der Waals surface area contributed by atoms with E-state index in [1.165, 1.54) is 11.1 Å². The molecule has 0 aliphatic heterocycles. The van der Waals surface area contributed by atoms with Crippen LogP contribution in [0.25, 0.3) is 0 Å². The van der Waals surface area contributed by atoms with Crippen molar-refractivity contribution in [3.63, 3.8) is 0 Å². The topological polar surface area (TPSA) is 0 Å². The van der Waals surface area contributed by atoms with E-state index in [0.717, 1.165) is 19.3 Å². The molecule has 0 atom stereocenters. The highest BCUT2D eigenvalue weighted by Crippen LogP contribution is 2.52. The van der Waals surface area contributed by atoms with Crippen molar-refractivity contribution in [1.82, 2.24) is 0 Å². The van der Waals surface area contributed by atoms with Crippen LogP contribution >= 0.6 is 0 Å². The van der Waals surface area contributed by atoms with E-state index in [4.69, 9.17) is 0 Å². The molecule has 2 aromatic rings. The molecule has 0 saturated carbocycles. The molecular weight excluding hydrogens is 565 g/mol. The molecule has 0 aromatic heterocycles. The minimum Gasteiger partial charge on any atom is -0.0579 e. The summed E-state index contributed by atoms with van der Waals surface area (Å²) in [5.74, 6) is 0. The van der Waals surface area contributed by atoms with E-state index in [2.05, 4.69) is 178 Å². The molecule has 0 radical (unpaired) electrons. The minimum absolute atomic E-state index is 0.0215. The summed E-state index contributed by atoms with van der Waals surface area (Å²) in [4.78, 5) is 0. The lowest BCUT2D eigenvalue weighted by Crippen LogP contribution is -2.37. The van der Waals surface area contributed by atoms with Crippen molar-refractivity contribution in [1.29, 1.82) is 0 Å². The van der Waals surface area contributed by atoms with Gasteiger partial charge < -0.3 is 0 Å².